The number of nitrogens with one attached hydrogen (secondary N) is 1. The summed E-state index contributed by atoms with van der Waals surface area (Å²) in [5.74, 6) is 1.46. The fraction of sp³-hybridized carbons (Fsp3) is 0.231. The maximum atomic E-state index is 8.84. The molecule has 0 bridgehead atoms. The van der Waals surface area contributed by atoms with E-state index >= 15 is 0 Å². The molecule has 0 spiro atoms. The summed E-state index contributed by atoms with van der Waals surface area (Å²) in [6.45, 7) is 1.45. The van der Waals surface area contributed by atoms with Crippen LogP contribution in [0.4, 0.5) is 0 Å². The number of aliphatic hydroxyl groups excluding tert-OH is 1. The predicted octanol–water partition coefficient (Wildman–Crippen LogP) is 2.06. The fourth-order valence-corrected chi connectivity index (χ4v) is 1.53. The number of hydrogen-bond acceptors (Lipinski definition) is 3. The molecule has 0 aliphatic carbocycles. The highest BCUT2D eigenvalue weighted by Crippen LogP contribution is 2.07. The first-order valence-corrected chi connectivity index (χ1v) is 5.31. The monoisotopic (exact) mass is 217 g/mol. The molecule has 2 aromatic rings. The van der Waals surface area contributed by atoms with Crippen molar-refractivity contribution in [1.29, 1.82) is 0 Å². The fourth-order valence-electron chi connectivity index (χ4n) is 1.53. The van der Waals surface area contributed by atoms with Crippen molar-refractivity contribution in [2.45, 2.75) is 19.7 Å². The number of hydrogen-bond donors (Lipinski definition) is 2. The van der Waals surface area contributed by atoms with Crippen molar-refractivity contribution in [3.05, 3.63) is 59.5 Å². The Morgan fingerprint density at radius 2 is 1.69 bits per heavy atom. The zero-order chi connectivity index (χ0) is 11.2. The lowest BCUT2D eigenvalue weighted by atomic mass is 10.2. The van der Waals surface area contributed by atoms with E-state index in [1.165, 1.54) is 5.56 Å². The molecule has 2 N–H and O–H groups in total. The molecule has 84 valence electrons. The van der Waals surface area contributed by atoms with E-state index in [0.717, 1.165) is 12.3 Å². The summed E-state index contributed by atoms with van der Waals surface area (Å²) in [6.07, 6.45) is 0. The summed E-state index contributed by atoms with van der Waals surface area (Å²) in [5.41, 5.74) is 1.25. The second-order valence-electron chi connectivity index (χ2n) is 3.62. The smallest absolute Gasteiger partial charge is 0.129 e. The van der Waals surface area contributed by atoms with Crippen molar-refractivity contribution in [3.8, 4) is 0 Å². The van der Waals surface area contributed by atoms with Crippen molar-refractivity contribution in [2.24, 2.45) is 0 Å². The van der Waals surface area contributed by atoms with E-state index in [-0.39, 0.29) is 6.61 Å². The Balaban J connectivity index is 1.80. The van der Waals surface area contributed by atoms with Crippen molar-refractivity contribution < 1.29 is 9.52 Å². The van der Waals surface area contributed by atoms with Crippen LogP contribution in [0.25, 0.3) is 0 Å². The SMILES string of the molecule is OCc1ccc(CNCc2ccccc2)o1. The van der Waals surface area contributed by atoms with E-state index < -0.39 is 0 Å². The molecule has 0 aliphatic heterocycles. The molecule has 1 heterocycles. The lowest BCUT2D eigenvalue weighted by Crippen LogP contribution is -2.11. The van der Waals surface area contributed by atoms with Crippen LogP contribution in [0.15, 0.2) is 46.9 Å². The molecular weight excluding hydrogens is 202 g/mol. The summed E-state index contributed by atoms with van der Waals surface area (Å²) < 4.78 is 5.36. The van der Waals surface area contributed by atoms with Gasteiger partial charge in [-0.05, 0) is 17.7 Å². The molecule has 16 heavy (non-hydrogen) atoms. The molecule has 3 nitrogen and oxygen atoms in total. The van der Waals surface area contributed by atoms with E-state index in [4.69, 9.17) is 9.52 Å². The van der Waals surface area contributed by atoms with Crippen LogP contribution in [0.5, 0.6) is 0 Å². The summed E-state index contributed by atoms with van der Waals surface area (Å²) in [5, 5.41) is 12.1. The molecule has 0 unspecified atom stereocenters. The predicted molar refractivity (Wildman–Crippen MR) is 61.6 cm³/mol. The molecule has 0 aliphatic rings. The second-order valence-corrected chi connectivity index (χ2v) is 3.62. The van der Waals surface area contributed by atoms with Gasteiger partial charge in [-0.2, -0.15) is 0 Å². The standard InChI is InChI=1S/C13H15NO2/c15-10-13-7-6-12(16-13)9-14-8-11-4-2-1-3-5-11/h1-7,14-15H,8-10H2. The Bertz CT molecular complexity index is 423. The Morgan fingerprint density at radius 1 is 0.938 bits per heavy atom. The molecular formula is C13H15NO2. The van der Waals surface area contributed by atoms with Crippen LogP contribution in [0, 0.1) is 0 Å². The molecule has 3 heteroatoms. The zero-order valence-electron chi connectivity index (χ0n) is 9.02. The summed E-state index contributed by atoms with van der Waals surface area (Å²) in [7, 11) is 0. The van der Waals surface area contributed by atoms with Gasteiger partial charge in [0.25, 0.3) is 0 Å². The molecule has 1 aromatic heterocycles. The third-order valence-corrected chi connectivity index (χ3v) is 2.34. The minimum atomic E-state index is -0.0430. The van der Waals surface area contributed by atoms with Gasteiger partial charge in [-0.25, -0.2) is 0 Å². The van der Waals surface area contributed by atoms with Crippen LogP contribution in [-0.2, 0) is 19.7 Å². The highest BCUT2D eigenvalue weighted by Gasteiger charge is 2.00. The Labute approximate surface area is 94.7 Å². The maximum absolute atomic E-state index is 8.84. The average molecular weight is 217 g/mol. The lowest BCUT2D eigenvalue weighted by Gasteiger charge is -2.02. The quantitative estimate of drug-likeness (QED) is 0.805. The van der Waals surface area contributed by atoms with Crippen LogP contribution >= 0.6 is 0 Å². The molecule has 0 atom stereocenters. The first-order chi connectivity index (χ1) is 7.88. The van der Waals surface area contributed by atoms with Crippen molar-refractivity contribution in [2.75, 3.05) is 0 Å². The van der Waals surface area contributed by atoms with Gasteiger partial charge in [0.15, 0.2) is 0 Å². The van der Waals surface area contributed by atoms with Crippen LogP contribution in [0.3, 0.4) is 0 Å². The average Bonchev–Trinajstić information content (AvgIpc) is 2.78. The molecule has 0 saturated heterocycles. The zero-order valence-corrected chi connectivity index (χ0v) is 9.02. The van der Waals surface area contributed by atoms with Gasteiger partial charge >= 0.3 is 0 Å². The molecule has 0 fully saturated rings. The summed E-state index contributed by atoms with van der Waals surface area (Å²) >= 11 is 0. The summed E-state index contributed by atoms with van der Waals surface area (Å²) in [6, 6.07) is 13.9. The van der Waals surface area contributed by atoms with Gasteiger partial charge in [0, 0.05) is 6.54 Å². The van der Waals surface area contributed by atoms with E-state index in [1.807, 2.05) is 24.3 Å². The minimum Gasteiger partial charge on any atom is -0.462 e. The van der Waals surface area contributed by atoms with E-state index in [2.05, 4.69) is 17.4 Å². The first-order valence-electron chi connectivity index (χ1n) is 5.31. The van der Waals surface area contributed by atoms with E-state index in [9.17, 15) is 0 Å². The molecule has 2 rings (SSSR count). The molecule has 0 radical (unpaired) electrons. The number of benzene rings is 1. The van der Waals surface area contributed by atoms with Crippen molar-refractivity contribution in [3.63, 3.8) is 0 Å². The lowest BCUT2D eigenvalue weighted by molar-refractivity contribution is 0.242. The Morgan fingerprint density at radius 3 is 2.38 bits per heavy atom. The van der Waals surface area contributed by atoms with Crippen molar-refractivity contribution in [1.82, 2.24) is 5.32 Å². The number of rotatable bonds is 5. The first kappa shape index (κ1) is 10.9. The highest BCUT2D eigenvalue weighted by atomic mass is 16.4. The topological polar surface area (TPSA) is 45.4 Å². The van der Waals surface area contributed by atoms with E-state index in [0.29, 0.717) is 12.3 Å². The van der Waals surface area contributed by atoms with Gasteiger partial charge in [0.1, 0.15) is 18.1 Å². The highest BCUT2D eigenvalue weighted by molar-refractivity contribution is 5.14. The molecule has 0 amide bonds. The third-order valence-electron chi connectivity index (χ3n) is 2.34. The van der Waals surface area contributed by atoms with Crippen LogP contribution in [0.2, 0.25) is 0 Å². The van der Waals surface area contributed by atoms with Crippen molar-refractivity contribution >= 4 is 0 Å². The number of furan rings is 1. The van der Waals surface area contributed by atoms with Gasteiger partial charge in [0.05, 0.1) is 6.54 Å². The maximum Gasteiger partial charge on any atom is 0.129 e. The van der Waals surface area contributed by atoms with Crippen LogP contribution in [0.1, 0.15) is 17.1 Å². The largest absolute Gasteiger partial charge is 0.462 e. The minimum absolute atomic E-state index is 0.0430. The van der Waals surface area contributed by atoms with Gasteiger partial charge in [-0.3, -0.25) is 0 Å². The molecule has 0 saturated carbocycles. The van der Waals surface area contributed by atoms with E-state index in [1.54, 1.807) is 6.07 Å². The Hall–Kier alpha value is -1.58. The summed E-state index contributed by atoms with van der Waals surface area (Å²) in [4.78, 5) is 0. The van der Waals surface area contributed by atoms with Gasteiger partial charge < -0.3 is 14.8 Å². The third kappa shape index (κ3) is 2.95. The normalized spacial score (nSPS) is 10.6. The van der Waals surface area contributed by atoms with Gasteiger partial charge in [-0.1, -0.05) is 30.3 Å². The van der Waals surface area contributed by atoms with Crippen LogP contribution < -0.4 is 5.32 Å². The van der Waals surface area contributed by atoms with Gasteiger partial charge in [-0.15, -0.1) is 0 Å². The van der Waals surface area contributed by atoms with Gasteiger partial charge in [0.2, 0.25) is 0 Å². The molecule has 1 aromatic carbocycles. The Kier molecular flexibility index (Phi) is 3.75. The van der Waals surface area contributed by atoms with Crippen LogP contribution in [-0.4, -0.2) is 5.11 Å². The second kappa shape index (κ2) is 5.49. The number of aliphatic hydroxyl groups is 1.